The van der Waals surface area contributed by atoms with Crippen LogP contribution in [0.3, 0.4) is 0 Å². The van der Waals surface area contributed by atoms with Crippen LogP contribution in [0.1, 0.15) is 0 Å². The van der Waals surface area contributed by atoms with Crippen LogP contribution in [0.4, 0.5) is 0 Å². The predicted octanol–water partition coefficient (Wildman–Crippen LogP) is -18.6. The maximum absolute atomic E-state index is 8.88. The van der Waals surface area contributed by atoms with Crippen LogP contribution in [0.25, 0.3) is 6.15 Å². The van der Waals surface area contributed by atoms with Crippen LogP contribution < -0.4 is 177 Å². The molecule has 0 saturated heterocycles. The Hall–Kier alpha value is 6.07. The minimum absolute atomic E-state index is 0. The van der Waals surface area contributed by atoms with Crippen LogP contribution in [0.2, 0.25) is 0 Å². The van der Waals surface area contributed by atoms with Gasteiger partial charge < -0.3 is 20.8 Å². The molecule has 0 rings (SSSR count). The first-order chi connectivity index (χ1) is 2.00. The zero-order valence-electron chi connectivity index (χ0n) is 8.64. The van der Waals surface area contributed by atoms with Gasteiger partial charge in [0, 0.05) is 0 Å². The summed E-state index contributed by atoms with van der Waals surface area (Å²) in [6.07, 6.45) is 0. The van der Waals surface area contributed by atoms with Gasteiger partial charge in [-0.15, -0.1) is 0 Å². The van der Waals surface area contributed by atoms with E-state index in [4.69, 9.17) is 19.2 Å². The molecule has 0 aromatic heterocycles. The van der Waals surface area contributed by atoms with E-state index in [1.165, 1.54) is 0 Å². The Morgan fingerprint density at radius 3 is 0.667 bits per heavy atom. The summed E-state index contributed by atoms with van der Waals surface area (Å²) in [7, 11) is -4.64. The Bertz CT molecular complexity index is 65.7. The van der Waals surface area contributed by atoms with Crippen molar-refractivity contribution in [2.24, 2.45) is 0 Å². The fourth-order valence-electron chi connectivity index (χ4n) is 0. The van der Waals surface area contributed by atoms with Crippen molar-refractivity contribution >= 4 is 7.82 Å². The summed E-state index contributed by atoms with van der Waals surface area (Å²) in [6.45, 7) is 0. The van der Waals surface area contributed by atoms with Crippen molar-refractivity contribution in [3.05, 3.63) is 6.15 Å². The van der Waals surface area contributed by atoms with Crippen LogP contribution in [-0.2, 0) is 4.57 Å². The van der Waals surface area contributed by atoms with Gasteiger partial charge in [-0.2, -0.15) is 0 Å². The average molecular weight is 250 g/mol. The standard InChI is InChI=1S/N.6Na.H3O4P/c;;;;;;;1-5(2,3)4/h;;;;;;;(H3,1,2,3,4)/q-3;6*+1;. The van der Waals surface area contributed by atoms with Crippen molar-refractivity contribution in [2.75, 3.05) is 0 Å². The van der Waals surface area contributed by atoms with Crippen molar-refractivity contribution < 1.29 is 197 Å². The van der Waals surface area contributed by atoms with Gasteiger partial charge in [-0.3, -0.25) is 0 Å². The summed E-state index contributed by atoms with van der Waals surface area (Å²) >= 11 is 0. The SMILES string of the molecule is O=P(O)(O)O.[N-3].[Na+].[Na+].[Na+].[Na+].[Na+].[Na+]. The predicted molar refractivity (Wildman–Crippen MR) is 17.6 cm³/mol. The molecule has 0 aliphatic rings. The van der Waals surface area contributed by atoms with E-state index in [1.807, 2.05) is 0 Å². The van der Waals surface area contributed by atoms with Crippen LogP contribution >= 0.6 is 7.82 Å². The summed E-state index contributed by atoms with van der Waals surface area (Å²) < 4.78 is 8.88. The van der Waals surface area contributed by atoms with Crippen LogP contribution in [-0.4, -0.2) is 14.7 Å². The first-order valence-electron chi connectivity index (χ1n) is 0.783. The van der Waals surface area contributed by atoms with Gasteiger partial charge in [0.15, 0.2) is 0 Å². The van der Waals surface area contributed by atoms with Gasteiger partial charge in [-0.25, -0.2) is 4.57 Å². The molecule has 0 bridgehead atoms. The Morgan fingerprint density at radius 1 is 0.667 bits per heavy atom. The molecule has 0 heterocycles. The second-order valence-corrected chi connectivity index (χ2v) is 1.54. The molecule has 0 spiro atoms. The number of hydrogen-bond acceptors (Lipinski definition) is 1. The van der Waals surface area contributed by atoms with Crippen LogP contribution in [0, 0.1) is 0 Å². The molecule has 0 atom stereocenters. The fourth-order valence-corrected chi connectivity index (χ4v) is 0. The molecule has 0 aliphatic carbocycles. The van der Waals surface area contributed by atoms with Crippen molar-refractivity contribution in [2.45, 2.75) is 0 Å². The second-order valence-electron chi connectivity index (χ2n) is 0.513. The van der Waals surface area contributed by atoms with Crippen LogP contribution in [0.15, 0.2) is 0 Å². The third-order valence-electron chi connectivity index (χ3n) is 0. The zero-order chi connectivity index (χ0) is 4.50. The maximum Gasteiger partial charge on any atom is 1.00 e. The van der Waals surface area contributed by atoms with Crippen molar-refractivity contribution in [3.63, 3.8) is 0 Å². The van der Waals surface area contributed by atoms with E-state index in [-0.39, 0.29) is 183 Å². The minimum atomic E-state index is -4.64. The van der Waals surface area contributed by atoms with E-state index >= 15 is 0 Å². The zero-order valence-corrected chi connectivity index (χ0v) is 21.5. The molecule has 40 valence electrons. The molecular formula is H3NNa6O4P+3. The van der Waals surface area contributed by atoms with Crippen molar-refractivity contribution in [1.29, 1.82) is 0 Å². The molecule has 0 fully saturated rings. The molecule has 0 aromatic rings. The topological polar surface area (TPSA) is 108 Å². The number of hydrogen-bond donors (Lipinski definition) is 3. The second kappa shape index (κ2) is 30.3. The quantitative estimate of drug-likeness (QED) is 0.293. The van der Waals surface area contributed by atoms with E-state index < -0.39 is 7.82 Å². The Labute approximate surface area is 205 Å². The Balaban J connectivity index is -0.00000000381. The van der Waals surface area contributed by atoms with E-state index in [0.29, 0.717) is 0 Å². The van der Waals surface area contributed by atoms with Gasteiger partial charge in [0.2, 0.25) is 0 Å². The normalized spacial score (nSPS) is 4.92. The summed E-state index contributed by atoms with van der Waals surface area (Å²) in [5.41, 5.74) is 0. The average Bonchev–Trinajstić information content (AvgIpc) is 0.722. The molecule has 12 heteroatoms. The fraction of sp³-hybridized carbons (Fsp3) is 0. The van der Waals surface area contributed by atoms with Gasteiger partial charge in [-0.05, 0) is 0 Å². The smallest absolute Gasteiger partial charge is 1.00 e. The van der Waals surface area contributed by atoms with E-state index in [1.54, 1.807) is 0 Å². The largest absolute Gasteiger partial charge is 3.00 e. The van der Waals surface area contributed by atoms with E-state index in [2.05, 4.69) is 0 Å². The maximum atomic E-state index is 8.88. The molecule has 12 heavy (non-hydrogen) atoms. The molecule has 0 amide bonds. The van der Waals surface area contributed by atoms with Crippen molar-refractivity contribution in [3.8, 4) is 0 Å². The molecule has 0 aromatic carbocycles. The van der Waals surface area contributed by atoms with Gasteiger partial charge >= 0.3 is 185 Å². The molecule has 0 saturated carbocycles. The molecular weight excluding hydrogens is 247 g/mol. The first kappa shape index (κ1) is 51.9. The van der Waals surface area contributed by atoms with E-state index in [0.717, 1.165) is 0 Å². The molecule has 0 unspecified atom stereocenters. The molecule has 0 radical (unpaired) electrons. The number of nitrogens with zero attached hydrogens (tertiary/aromatic N) is 1. The third kappa shape index (κ3) is 99.1. The van der Waals surface area contributed by atoms with Gasteiger partial charge in [0.05, 0.1) is 0 Å². The monoisotopic (exact) mass is 250 g/mol. The summed E-state index contributed by atoms with van der Waals surface area (Å²) in [5.74, 6) is 0. The van der Waals surface area contributed by atoms with Gasteiger partial charge in [-0.1, -0.05) is 0 Å². The third-order valence-corrected chi connectivity index (χ3v) is 0. The summed E-state index contributed by atoms with van der Waals surface area (Å²) in [6, 6.07) is 0. The Morgan fingerprint density at radius 2 is 0.667 bits per heavy atom. The van der Waals surface area contributed by atoms with E-state index in [9.17, 15) is 0 Å². The van der Waals surface area contributed by atoms with Crippen molar-refractivity contribution in [1.82, 2.24) is 0 Å². The molecule has 3 N–H and O–H groups in total. The van der Waals surface area contributed by atoms with Gasteiger partial charge in [0.1, 0.15) is 0 Å². The molecule has 5 nitrogen and oxygen atoms in total. The van der Waals surface area contributed by atoms with Crippen LogP contribution in [0.5, 0.6) is 0 Å². The molecule has 0 aliphatic heterocycles. The number of rotatable bonds is 0. The summed E-state index contributed by atoms with van der Waals surface area (Å²) in [4.78, 5) is 21.6. The summed E-state index contributed by atoms with van der Waals surface area (Å²) in [5, 5.41) is 0. The Kier molecular flexibility index (Phi) is 131. The van der Waals surface area contributed by atoms with Gasteiger partial charge in [0.25, 0.3) is 0 Å². The number of phosphoric acid groups is 1. The minimum Gasteiger partial charge on any atom is -3.00 e. The first-order valence-corrected chi connectivity index (χ1v) is 2.35.